The predicted molar refractivity (Wildman–Crippen MR) is 158 cm³/mol. The lowest BCUT2D eigenvalue weighted by Crippen LogP contribution is -2.31. The normalized spacial score (nSPS) is 19.1. The zero-order valence-electron chi connectivity index (χ0n) is 23.1. The summed E-state index contributed by atoms with van der Waals surface area (Å²) >= 11 is 0. The summed E-state index contributed by atoms with van der Waals surface area (Å²) in [4.78, 5) is 33.7. The van der Waals surface area contributed by atoms with E-state index in [1.165, 1.54) is 6.42 Å². The molecule has 3 aromatic carbocycles. The number of aromatic nitrogens is 4. The summed E-state index contributed by atoms with van der Waals surface area (Å²) in [7, 11) is 2.16. The molecule has 2 saturated heterocycles. The van der Waals surface area contributed by atoms with Crippen LogP contribution in [0.5, 0.6) is 0 Å². The number of fused-ring (bicyclic) bond motifs is 2. The summed E-state index contributed by atoms with van der Waals surface area (Å²) in [6, 6.07) is 22.1. The van der Waals surface area contributed by atoms with Gasteiger partial charge in [0.15, 0.2) is 0 Å². The third-order valence-corrected chi connectivity index (χ3v) is 8.20. The lowest BCUT2D eigenvalue weighted by molar-refractivity contribution is 0.0910. The van der Waals surface area contributed by atoms with Crippen molar-refractivity contribution in [2.45, 2.75) is 44.4 Å². The van der Waals surface area contributed by atoms with E-state index in [-0.39, 0.29) is 18.7 Å². The largest absolute Gasteiger partial charge is 0.445 e. The molecule has 206 valence electrons. The molecule has 0 saturated carbocycles. The molecule has 8 heteroatoms. The molecular formula is C33H32N6O2. The number of hydrogen-bond donors (Lipinski definition) is 2. The van der Waals surface area contributed by atoms with Gasteiger partial charge in [-0.1, -0.05) is 42.2 Å². The first-order valence-corrected chi connectivity index (χ1v) is 14.3. The van der Waals surface area contributed by atoms with Gasteiger partial charge in [0, 0.05) is 17.7 Å². The summed E-state index contributed by atoms with van der Waals surface area (Å²) in [5.74, 6) is 8.41. The second-order valence-corrected chi connectivity index (χ2v) is 11.0. The van der Waals surface area contributed by atoms with Crippen LogP contribution in [0.3, 0.4) is 0 Å². The fraction of sp³-hybridized carbons (Fsp3) is 0.303. The monoisotopic (exact) mass is 544 g/mol. The van der Waals surface area contributed by atoms with Crippen LogP contribution in [-0.4, -0.2) is 56.0 Å². The highest BCUT2D eigenvalue weighted by atomic mass is 16.6. The van der Waals surface area contributed by atoms with Crippen molar-refractivity contribution in [3.05, 3.63) is 95.1 Å². The minimum atomic E-state index is -0.306. The lowest BCUT2D eigenvalue weighted by Gasteiger charge is -2.22. The van der Waals surface area contributed by atoms with Gasteiger partial charge < -0.3 is 14.7 Å². The third kappa shape index (κ3) is 5.17. The maximum atomic E-state index is 12.9. The highest BCUT2D eigenvalue weighted by molar-refractivity contribution is 5.79. The number of carbonyl (C=O) groups excluding carboxylic acids is 1. The van der Waals surface area contributed by atoms with Crippen LogP contribution >= 0.6 is 0 Å². The standard InChI is InChI=1S/C33H32N6O2/c1-38-17-5-9-29(38)31-34-25-15-13-22(19-27(25)36-31)11-12-23-14-16-26-28(20-23)37-32(35-26)30-10-6-18-39(30)33(40)41-21-24-7-3-2-4-8-24/h2-4,7-8,13-16,19-20,29-30H,5-6,9-10,17-18,21H2,1H3,(H,34,36)(H,35,37)/t29-,30-/m0/s1. The summed E-state index contributed by atoms with van der Waals surface area (Å²) in [5, 5.41) is 0. The van der Waals surface area contributed by atoms with Gasteiger partial charge in [-0.25, -0.2) is 14.8 Å². The molecule has 0 aliphatic carbocycles. The topological polar surface area (TPSA) is 90.1 Å². The molecule has 0 spiro atoms. The van der Waals surface area contributed by atoms with Crippen LogP contribution in [0.1, 0.15) is 66.1 Å². The van der Waals surface area contributed by atoms with E-state index >= 15 is 0 Å². The number of nitrogens with zero attached hydrogens (tertiary/aromatic N) is 4. The second-order valence-electron chi connectivity index (χ2n) is 11.0. The van der Waals surface area contributed by atoms with Crippen LogP contribution < -0.4 is 0 Å². The zero-order chi connectivity index (χ0) is 27.8. The zero-order valence-corrected chi connectivity index (χ0v) is 23.1. The van der Waals surface area contributed by atoms with E-state index in [0.29, 0.717) is 12.6 Å². The number of nitrogens with one attached hydrogen (secondary N) is 2. The molecule has 7 rings (SSSR count). The number of likely N-dealkylation sites (tertiary alicyclic amines) is 2. The summed E-state index contributed by atoms with van der Waals surface area (Å²) in [6.07, 6.45) is 3.80. The number of rotatable bonds is 4. The fourth-order valence-electron chi connectivity index (χ4n) is 5.99. The number of carbonyl (C=O) groups is 1. The van der Waals surface area contributed by atoms with E-state index in [1.54, 1.807) is 4.90 Å². The Hall–Kier alpha value is -4.61. The number of hydrogen-bond acceptors (Lipinski definition) is 5. The first-order chi connectivity index (χ1) is 20.1. The van der Waals surface area contributed by atoms with Gasteiger partial charge in [0.25, 0.3) is 0 Å². The van der Waals surface area contributed by atoms with E-state index in [9.17, 15) is 4.79 Å². The van der Waals surface area contributed by atoms with E-state index in [0.717, 1.165) is 76.2 Å². The SMILES string of the molecule is CN1CCC[C@H]1c1nc2cc(C#Cc3ccc4[nH]c([C@@H]5CCCN5C(=O)OCc5ccccc5)nc4c3)ccc2[nH]1. The molecule has 0 bridgehead atoms. The summed E-state index contributed by atoms with van der Waals surface area (Å²) in [5.41, 5.74) is 6.54. The average molecular weight is 545 g/mol. The number of benzene rings is 3. The second kappa shape index (κ2) is 10.8. The van der Waals surface area contributed by atoms with Crippen molar-refractivity contribution >= 4 is 28.2 Å². The molecule has 5 aromatic rings. The average Bonchev–Trinajstić information content (AvgIpc) is 3.80. The molecule has 8 nitrogen and oxygen atoms in total. The number of amides is 1. The number of H-pyrrole nitrogens is 2. The van der Waals surface area contributed by atoms with Gasteiger partial charge >= 0.3 is 6.09 Å². The van der Waals surface area contributed by atoms with Gasteiger partial charge in [-0.05, 0) is 81.2 Å². The fourth-order valence-corrected chi connectivity index (χ4v) is 5.99. The van der Waals surface area contributed by atoms with Crippen molar-refractivity contribution in [1.82, 2.24) is 29.7 Å². The van der Waals surface area contributed by atoms with Crippen LogP contribution in [0.2, 0.25) is 0 Å². The van der Waals surface area contributed by atoms with Crippen molar-refractivity contribution < 1.29 is 9.53 Å². The van der Waals surface area contributed by atoms with Gasteiger partial charge in [-0.15, -0.1) is 0 Å². The first kappa shape index (κ1) is 25.4. The molecule has 2 aromatic heterocycles. The van der Waals surface area contributed by atoms with Crippen molar-refractivity contribution in [3.8, 4) is 11.8 Å². The molecule has 1 amide bonds. The van der Waals surface area contributed by atoms with Gasteiger partial charge in [0.2, 0.25) is 0 Å². The van der Waals surface area contributed by atoms with Gasteiger partial charge in [0.05, 0.1) is 34.2 Å². The Morgan fingerprint density at radius 3 is 2.10 bits per heavy atom. The highest BCUT2D eigenvalue weighted by Crippen LogP contribution is 2.32. The minimum Gasteiger partial charge on any atom is -0.445 e. The van der Waals surface area contributed by atoms with Crippen molar-refractivity contribution in [3.63, 3.8) is 0 Å². The van der Waals surface area contributed by atoms with E-state index in [2.05, 4.69) is 39.8 Å². The maximum Gasteiger partial charge on any atom is 0.410 e. The first-order valence-electron chi connectivity index (χ1n) is 14.3. The van der Waals surface area contributed by atoms with E-state index < -0.39 is 0 Å². The van der Waals surface area contributed by atoms with Crippen LogP contribution in [0.25, 0.3) is 22.1 Å². The molecule has 2 aliphatic rings. The molecule has 2 aliphatic heterocycles. The van der Waals surface area contributed by atoms with Crippen LogP contribution in [0.15, 0.2) is 66.7 Å². The van der Waals surface area contributed by atoms with Gasteiger partial charge in [0.1, 0.15) is 18.3 Å². The number of ether oxygens (including phenoxy) is 1. The van der Waals surface area contributed by atoms with Crippen LogP contribution in [0.4, 0.5) is 4.79 Å². The predicted octanol–water partition coefficient (Wildman–Crippen LogP) is 6.08. The Balaban J connectivity index is 1.07. The van der Waals surface area contributed by atoms with Crippen molar-refractivity contribution in [2.24, 2.45) is 0 Å². The number of aromatic amines is 2. The molecule has 4 heterocycles. The summed E-state index contributed by atoms with van der Waals surface area (Å²) < 4.78 is 5.61. The molecule has 2 N–H and O–H groups in total. The molecule has 2 fully saturated rings. The number of imidazole rings is 2. The molecule has 41 heavy (non-hydrogen) atoms. The third-order valence-electron chi connectivity index (χ3n) is 8.20. The smallest absolute Gasteiger partial charge is 0.410 e. The maximum absolute atomic E-state index is 12.9. The van der Waals surface area contributed by atoms with Crippen LogP contribution in [-0.2, 0) is 11.3 Å². The Morgan fingerprint density at radius 1 is 0.854 bits per heavy atom. The van der Waals surface area contributed by atoms with Gasteiger partial charge in [-0.3, -0.25) is 9.80 Å². The van der Waals surface area contributed by atoms with Crippen molar-refractivity contribution in [2.75, 3.05) is 20.1 Å². The summed E-state index contributed by atoms with van der Waals surface area (Å²) in [6.45, 7) is 2.03. The molecule has 2 atom stereocenters. The van der Waals surface area contributed by atoms with Crippen molar-refractivity contribution in [1.29, 1.82) is 0 Å². The van der Waals surface area contributed by atoms with Gasteiger partial charge in [-0.2, -0.15) is 0 Å². The van der Waals surface area contributed by atoms with E-state index in [1.807, 2.05) is 60.7 Å². The Bertz CT molecular complexity index is 1780. The minimum absolute atomic E-state index is 0.130. The Morgan fingerprint density at radius 2 is 1.46 bits per heavy atom. The molecule has 0 unspecified atom stereocenters. The van der Waals surface area contributed by atoms with E-state index in [4.69, 9.17) is 14.7 Å². The molecular weight excluding hydrogens is 512 g/mol. The lowest BCUT2D eigenvalue weighted by atomic mass is 10.1. The highest BCUT2D eigenvalue weighted by Gasteiger charge is 2.33. The Labute approximate surface area is 238 Å². The van der Waals surface area contributed by atoms with Crippen LogP contribution in [0, 0.1) is 11.8 Å². The molecule has 0 radical (unpaired) electrons. The quantitative estimate of drug-likeness (QED) is 0.268. The Kier molecular flexibility index (Phi) is 6.65.